The van der Waals surface area contributed by atoms with Crippen molar-refractivity contribution in [1.82, 2.24) is 25.2 Å². The van der Waals surface area contributed by atoms with Crippen LogP contribution in [0.4, 0.5) is 10.5 Å². The molecule has 0 unspecified atom stereocenters. The molecule has 1 aliphatic rings. The first-order valence-electron chi connectivity index (χ1n) is 10.3. The lowest BCUT2D eigenvalue weighted by Gasteiger charge is -2.30. The number of amides is 2. The highest BCUT2D eigenvalue weighted by molar-refractivity contribution is 5.93. The number of aromatic nitrogens is 4. The van der Waals surface area contributed by atoms with Crippen LogP contribution in [0.2, 0.25) is 0 Å². The SMILES string of the molecule is Cc1nc(C2(NC(=O)Nc3ccc4cnn(C(C)C)c4c3)CCCCCC2)no1. The molecular weight excluding hydrogens is 368 g/mol. The number of carbonyl (C=O) groups excluding carboxylic acids is 1. The second-order valence-corrected chi connectivity index (χ2v) is 8.17. The van der Waals surface area contributed by atoms with Gasteiger partial charge >= 0.3 is 6.03 Å². The quantitative estimate of drug-likeness (QED) is 0.624. The highest BCUT2D eigenvalue weighted by Gasteiger charge is 2.38. The second-order valence-electron chi connectivity index (χ2n) is 8.17. The van der Waals surface area contributed by atoms with Crippen LogP contribution in [0, 0.1) is 6.92 Å². The van der Waals surface area contributed by atoms with Gasteiger partial charge in [0.2, 0.25) is 5.89 Å². The Labute approximate surface area is 170 Å². The number of nitrogens with one attached hydrogen (secondary N) is 2. The summed E-state index contributed by atoms with van der Waals surface area (Å²) >= 11 is 0. The normalized spacial score (nSPS) is 16.7. The van der Waals surface area contributed by atoms with Gasteiger partial charge in [-0.2, -0.15) is 10.1 Å². The Morgan fingerprint density at radius 1 is 1.21 bits per heavy atom. The highest BCUT2D eigenvalue weighted by Crippen LogP contribution is 2.34. The Bertz CT molecular complexity index is 998. The number of carbonyl (C=O) groups is 1. The van der Waals surface area contributed by atoms with Crippen molar-refractivity contribution < 1.29 is 9.32 Å². The first-order valence-corrected chi connectivity index (χ1v) is 10.3. The van der Waals surface area contributed by atoms with E-state index < -0.39 is 5.54 Å². The van der Waals surface area contributed by atoms with Gasteiger partial charge in [-0.05, 0) is 44.9 Å². The number of anilines is 1. The van der Waals surface area contributed by atoms with Gasteiger partial charge in [-0.3, -0.25) is 4.68 Å². The standard InChI is InChI=1S/C21H28N6O2/c1-14(2)27-18-12-17(9-8-16(18)13-22-27)24-20(28)25-21(10-6-4-5-7-11-21)19-23-15(3)29-26-19/h8-9,12-14H,4-7,10-11H2,1-3H3,(H2,24,25,28). The third-order valence-corrected chi connectivity index (χ3v) is 5.61. The molecule has 8 nitrogen and oxygen atoms in total. The zero-order valence-corrected chi connectivity index (χ0v) is 17.2. The number of fused-ring (bicyclic) bond motifs is 1. The molecule has 0 atom stereocenters. The van der Waals surface area contributed by atoms with E-state index in [9.17, 15) is 4.79 Å². The van der Waals surface area contributed by atoms with E-state index in [1.54, 1.807) is 6.92 Å². The fourth-order valence-electron chi connectivity index (χ4n) is 4.14. The number of hydrogen-bond acceptors (Lipinski definition) is 5. The largest absolute Gasteiger partial charge is 0.340 e. The minimum Gasteiger partial charge on any atom is -0.340 e. The predicted octanol–water partition coefficient (Wildman–Crippen LogP) is 4.68. The molecule has 1 saturated carbocycles. The van der Waals surface area contributed by atoms with Crippen LogP contribution in [0.25, 0.3) is 10.9 Å². The average molecular weight is 396 g/mol. The summed E-state index contributed by atoms with van der Waals surface area (Å²) in [6.07, 6.45) is 7.80. The number of hydrogen-bond donors (Lipinski definition) is 2. The van der Waals surface area contributed by atoms with Crippen molar-refractivity contribution in [1.29, 1.82) is 0 Å². The maximum absolute atomic E-state index is 12.9. The van der Waals surface area contributed by atoms with E-state index in [1.165, 1.54) is 0 Å². The molecule has 0 radical (unpaired) electrons. The molecule has 1 fully saturated rings. The Morgan fingerprint density at radius 3 is 2.62 bits per heavy atom. The number of aryl methyl sites for hydroxylation is 1. The maximum atomic E-state index is 12.9. The molecule has 2 aromatic heterocycles. The molecular formula is C21H28N6O2. The summed E-state index contributed by atoms with van der Waals surface area (Å²) in [6, 6.07) is 5.81. The Kier molecular flexibility index (Phi) is 5.25. The van der Waals surface area contributed by atoms with Gasteiger partial charge in [0.05, 0.1) is 11.7 Å². The van der Waals surface area contributed by atoms with Crippen LogP contribution < -0.4 is 10.6 Å². The van der Waals surface area contributed by atoms with Gasteiger partial charge in [0.25, 0.3) is 0 Å². The van der Waals surface area contributed by atoms with Crippen molar-refractivity contribution in [2.75, 3.05) is 5.32 Å². The number of rotatable bonds is 4. The van der Waals surface area contributed by atoms with Crippen LogP contribution in [0.15, 0.2) is 28.9 Å². The van der Waals surface area contributed by atoms with Gasteiger partial charge in [-0.15, -0.1) is 0 Å². The summed E-state index contributed by atoms with van der Waals surface area (Å²) in [4.78, 5) is 17.4. The van der Waals surface area contributed by atoms with E-state index in [-0.39, 0.29) is 12.1 Å². The van der Waals surface area contributed by atoms with E-state index in [2.05, 4.69) is 39.7 Å². The van der Waals surface area contributed by atoms with Gasteiger partial charge < -0.3 is 15.2 Å². The van der Waals surface area contributed by atoms with Crippen molar-refractivity contribution in [3.63, 3.8) is 0 Å². The molecule has 0 aliphatic heterocycles. The van der Waals surface area contributed by atoms with E-state index >= 15 is 0 Å². The molecule has 0 bridgehead atoms. The van der Waals surface area contributed by atoms with Gasteiger partial charge in [0.1, 0.15) is 5.54 Å². The first kappa shape index (κ1) is 19.4. The van der Waals surface area contributed by atoms with Crippen molar-refractivity contribution in [3.05, 3.63) is 36.1 Å². The summed E-state index contributed by atoms with van der Waals surface area (Å²) in [7, 11) is 0. The third kappa shape index (κ3) is 3.97. The average Bonchev–Trinajstić information content (AvgIpc) is 3.23. The zero-order valence-electron chi connectivity index (χ0n) is 17.2. The third-order valence-electron chi connectivity index (χ3n) is 5.61. The minimum absolute atomic E-state index is 0.243. The van der Waals surface area contributed by atoms with Crippen LogP contribution in [0.1, 0.15) is 70.1 Å². The highest BCUT2D eigenvalue weighted by atomic mass is 16.5. The zero-order chi connectivity index (χ0) is 20.4. The molecule has 29 heavy (non-hydrogen) atoms. The fourth-order valence-corrected chi connectivity index (χ4v) is 4.14. The van der Waals surface area contributed by atoms with Crippen LogP contribution in [0.5, 0.6) is 0 Å². The molecule has 2 amide bonds. The Balaban J connectivity index is 1.56. The molecule has 2 heterocycles. The summed E-state index contributed by atoms with van der Waals surface area (Å²) in [5.41, 5.74) is 1.13. The lowest BCUT2D eigenvalue weighted by Crippen LogP contribution is -2.48. The number of benzene rings is 1. The van der Waals surface area contributed by atoms with Gasteiger partial charge in [-0.25, -0.2) is 4.79 Å². The first-order chi connectivity index (χ1) is 14.0. The van der Waals surface area contributed by atoms with E-state index in [1.807, 2.05) is 29.1 Å². The molecule has 4 rings (SSSR count). The lowest BCUT2D eigenvalue weighted by atomic mass is 9.89. The second kappa shape index (κ2) is 7.85. The summed E-state index contributed by atoms with van der Waals surface area (Å²) < 4.78 is 7.17. The van der Waals surface area contributed by atoms with Crippen molar-refractivity contribution in [2.24, 2.45) is 0 Å². The molecule has 1 aromatic carbocycles. The molecule has 8 heteroatoms. The lowest BCUT2D eigenvalue weighted by molar-refractivity contribution is 0.222. The van der Waals surface area contributed by atoms with E-state index in [0.717, 1.165) is 55.1 Å². The minimum atomic E-state index is -0.595. The van der Waals surface area contributed by atoms with Crippen LogP contribution >= 0.6 is 0 Å². The van der Waals surface area contributed by atoms with Gasteiger partial charge in [0, 0.05) is 24.0 Å². The topological polar surface area (TPSA) is 97.9 Å². The predicted molar refractivity (Wildman–Crippen MR) is 111 cm³/mol. The number of nitrogens with zero attached hydrogens (tertiary/aromatic N) is 4. The fraction of sp³-hybridized carbons (Fsp3) is 0.524. The summed E-state index contributed by atoms with van der Waals surface area (Å²) in [5, 5.41) is 15.8. The number of urea groups is 1. The van der Waals surface area contributed by atoms with Gasteiger partial charge in [-0.1, -0.05) is 30.8 Å². The van der Waals surface area contributed by atoms with E-state index in [4.69, 9.17) is 4.52 Å². The monoisotopic (exact) mass is 396 g/mol. The Morgan fingerprint density at radius 2 is 1.97 bits per heavy atom. The van der Waals surface area contributed by atoms with Crippen LogP contribution in [0.3, 0.4) is 0 Å². The van der Waals surface area contributed by atoms with E-state index in [0.29, 0.717) is 11.7 Å². The molecule has 154 valence electrons. The molecule has 0 saturated heterocycles. The molecule has 2 N–H and O–H groups in total. The Hall–Kier alpha value is -2.90. The molecule has 0 spiro atoms. The van der Waals surface area contributed by atoms with Crippen molar-refractivity contribution in [3.8, 4) is 0 Å². The smallest absolute Gasteiger partial charge is 0.320 e. The van der Waals surface area contributed by atoms with Gasteiger partial charge in [0.15, 0.2) is 5.82 Å². The molecule has 1 aliphatic carbocycles. The molecule has 3 aromatic rings. The summed E-state index contributed by atoms with van der Waals surface area (Å²) in [5.74, 6) is 1.08. The van der Waals surface area contributed by atoms with Crippen LogP contribution in [-0.4, -0.2) is 26.0 Å². The maximum Gasteiger partial charge on any atom is 0.320 e. The van der Waals surface area contributed by atoms with Crippen molar-refractivity contribution in [2.45, 2.75) is 70.9 Å². The summed E-state index contributed by atoms with van der Waals surface area (Å²) in [6.45, 7) is 5.94. The van der Waals surface area contributed by atoms with Crippen molar-refractivity contribution >= 4 is 22.6 Å². The van der Waals surface area contributed by atoms with Crippen LogP contribution in [-0.2, 0) is 5.54 Å².